The first-order valence-corrected chi connectivity index (χ1v) is 6.70. The van der Waals surface area contributed by atoms with Gasteiger partial charge >= 0.3 is 0 Å². The minimum atomic E-state index is -1.36. The monoisotopic (exact) mass is 267 g/mol. The number of para-hydroxylation sites is 2. The molecule has 0 saturated heterocycles. The van der Waals surface area contributed by atoms with E-state index in [1.165, 1.54) is 6.92 Å². The van der Waals surface area contributed by atoms with E-state index in [0.717, 1.165) is 21.8 Å². The highest BCUT2D eigenvalue weighted by atomic mass is 16.3. The Bertz CT molecular complexity index is 746. The van der Waals surface area contributed by atoms with Gasteiger partial charge in [0.15, 0.2) is 5.78 Å². The van der Waals surface area contributed by atoms with Crippen molar-refractivity contribution in [1.82, 2.24) is 4.57 Å². The zero-order chi connectivity index (χ0) is 14.3. The molecule has 3 aromatic rings. The fourth-order valence-electron chi connectivity index (χ4n) is 2.59. The molecular formula is C17H17NO2. The van der Waals surface area contributed by atoms with Crippen molar-refractivity contribution in [3.63, 3.8) is 0 Å². The van der Waals surface area contributed by atoms with Crippen LogP contribution in [0, 0.1) is 0 Å². The summed E-state index contributed by atoms with van der Waals surface area (Å²) in [6, 6.07) is 16.1. The number of hydrogen-bond acceptors (Lipinski definition) is 2. The van der Waals surface area contributed by atoms with Gasteiger partial charge in [-0.3, -0.25) is 4.79 Å². The van der Waals surface area contributed by atoms with Gasteiger partial charge in [-0.15, -0.1) is 0 Å². The van der Waals surface area contributed by atoms with E-state index >= 15 is 0 Å². The number of Topliss-reactive ketones (excluding diaryl/α,β-unsaturated/α-hetero) is 1. The average molecular weight is 267 g/mol. The predicted molar refractivity (Wildman–Crippen MR) is 80.7 cm³/mol. The quantitative estimate of drug-likeness (QED) is 0.792. The lowest BCUT2D eigenvalue weighted by Gasteiger charge is -2.21. The van der Waals surface area contributed by atoms with Gasteiger partial charge in [-0.05, 0) is 26.0 Å². The predicted octanol–water partition coefficient (Wildman–Crippen LogP) is 3.13. The third-order valence-electron chi connectivity index (χ3n) is 3.90. The smallest absolute Gasteiger partial charge is 0.162 e. The molecule has 3 heteroatoms. The van der Waals surface area contributed by atoms with E-state index in [-0.39, 0.29) is 12.3 Å². The summed E-state index contributed by atoms with van der Waals surface area (Å²) in [6.45, 7) is 3.25. The van der Waals surface area contributed by atoms with E-state index in [1.54, 1.807) is 6.92 Å². The van der Waals surface area contributed by atoms with Crippen LogP contribution in [0.2, 0.25) is 0 Å². The molecular weight excluding hydrogens is 250 g/mol. The second-order valence-corrected chi connectivity index (χ2v) is 5.45. The maximum Gasteiger partial charge on any atom is 0.162 e. The summed E-state index contributed by atoms with van der Waals surface area (Å²) in [7, 11) is 0. The number of fused-ring (bicyclic) bond motifs is 3. The van der Waals surface area contributed by atoms with Crippen molar-refractivity contribution in [1.29, 1.82) is 0 Å². The SMILES string of the molecule is CC(=O)C(C)(O)Cn1c2ccccc2c2ccccc21. The van der Waals surface area contributed by atoms with Crippen LogP contribution >= 0.6 is 0 Å². The standard InChI is InChI=1S/C17H17NO2/c1-12(19)17(2,20)11-18-15-9-5-3-7-13(15)14-8-4-6-10-16(14)18/h3-10,20H,11H2,1-2H3. The first kappa shape index (κ1) is 12.9. The van der Waals surface area contributed by atoms with Crippen LogP contribution < -0.4 is 0 Å². The molecule has 0 fully saturated rings. The first-order valence-electron chi connectivity index (χ1n) is 6.70. The Kier molecular flexibility index (Phi) is 2.87. The van der Waals surface area contributed by atoms with E-state index < -0.39 is 5.60 Å². The Hall–Kier alpha value is -2.13. The molecule has 1 unspecified atom stereocenters. The van der Waals surface area contributed by atoms with E-state index in [2.05, 4.69) is 12.1 Å². The van der Waals surface area contributed by atoms with Gasteiger partial charge in [0, 0.05) is 21.8 Å². The molecule has 1 N–H and O–H groups in total. The summed E-state index contributed by atoms with van der Waals surface area (Å²) in [6.07, 6.45) is 0. The Morgan fingerprint density at radius 1 is 1.05 bits per heavy atom. The molecule has 0 aliphatic heterocycles. The Morgan fingerprint density at radius 3 is 1.95 bits per heavy atom. The fourth-order valence-corrected chi connectivity index (χ4v) is 2.59. The van der Waals surface area contributed by atoms with Crippen LogP contribution in [-0.2, 0) is 11.3 Å². The number of rotatable bonds is 3. The van der Waals surface area contributed by atoms with Gasteiger partial charge in [-0.1, -0.05) is 36.4 Å². The summed E-state index contributed by atoms with van der Waals surface area (Å²) >= 11 is 0. The van der Waals surface area contributed by atoms with E-state index in [1.807, 2.05) is 41.0 Å². The van der Waals surface area contributed by atoms with E-state index in [9.17, 15) is 9.90 Å². The molecule has 1 aromatic heterocycles. The number of nitrogens with zero attached hydrogens (tertiary/aromatic N) is 1. The van der Waals surface area contributed by atoms with Crippen LogP contribution in [-0.4, -0.2) is 21.1 Å². The summed E-state index contributed by atoms with van der Waals surface area (Å²) in [5, 5.41) is 12.6. The number of aromatic nitrogens is 1. The summed E-state index contributed by atoms with van der Waals surface area (Å²) in [5.41, 5.74) is 0.718. The van der Waals surface area contributed by atoms with Crippen molar-refractivity contribution >= 4 is 27.6 Å². The highest BCUT2D eigenvalue weighted by molar-refractivity contribution is 6.08. The topological polar surface area (TPSA) is 42.2 Å². The van der Waals surface area contributed by atoms with Gasteiger partial charge in [0.2, 0.25) is 0 Å². The molecule has 102 valence electrons. The van der Waals surface area contributed by atoms with Crippen molar-refractivity contribution in [3.05, 3.63) is 48.5 Å². The number of hydrogen-bond donors (Lipinski definition) is 1. The lowest BCUT2D eigenvalue weighted by Crippen LogP contribution is -2.37. The number of ketones is 1. The van der Waals surface area contributed by atoms with Crippen molar-refractivity contribution in [2.45, 2.75) is 26.0 Å². The molecule has 20 heavy (non-hydrogen) atoms. The number of carbonyl (C=O) groups is 1. The Labute approximate surface area is 117 Å². The van der Waals surface area contributed by atoms with Crippen LogP contribution in [0.15, 0.2) is 48.5 Å². The second kappa shape index (κ2) is 4.46. The summed E-state index contributed by atoms with van der Waals surface area (Å²) in [5.74, 6) is -0.223. The Balaban J connectivity index is 2.30. The number of carbonyl (C=O) groups excluding carboxylic acids is 1. The molecule has 1 atom stereocenters. The van der Waals surface area contributed by atoms with Gasteiger partial charge in [-0.25, -0.2) is 0 Å². The third kappa shape index (κ3) is 1.91. The van der Waals surface area contributed by atoms with Crippen LogP contribution in [0.3, 0.4) is 0 Å². The minimum absolute atomic E-state index is 0.223. The van der Waals surface area contributed by atoms with Crippen LogP contribution in [0.25, 0.3) is 21.8 Å². The molecule has 0 bridgehead atoms. The van der Waals surface area contributed by atoms with Crippen molar-refractivity contribution in [2.75, 3.05) is 0 Å². The highest BCUT2D eigenvalue weighted by Gasteiger charge is 2.28. The summed E-state index contributed by atoms with van der Waals surface area (Å²) in [4.78, 5) is 11.6. The molecule has 0 saturated carbocycles. The maximum absolute atomic E-state index is 11.6. The van der Waals surface area contributed by atoms with Gasteiger partial charge in [0.05, 0.1) is 6.54 Å². The van der Waals surface area contributed by atoms with Gasteiger partial charge in [-0.2, -0.15) is 0 Å². The first-order chi connectivity index (χ1) is 9.50. The van der Waals surface area contributed by atoms with Crippen LogP contribution in [0.5, 0.6) is 0 Å². The lowest BCUT2D eigenvalue weighted by molar-refractivity contribution is -0.134. The lowest BCUT2D eigenvalue weighted by atomic mass is 10.0. The van der Waals surface area contributed by atoms with Crippen LogP contribution in [0.4, 0.5) is 0 Å². The molecule has 0 spiro atoms. The number of benzene rings is 2. The molecule has 2 aromatic carbocycles. The normalized spacial score (nSPS) is 14.6. The molecule has 3 rings (SSSR count). The molecule has 3 nitrogen and oxygen atoms in total. The average Bonchev–Trinajstić information content (AvgIpc) is 2.74. The van der Waals surface area contributed by atoms with Crippen molar-refractivity contribution in [2.24, 2.45) is 0 Å². The molecule has 0 amide bonds. The Morgan fingerprint density at radius 2 is 1.50 bits per heavy atom. The highest BCUT2D eigenvalue weighted by Crippen LogP contribution is 2.30. The number of aliphatic hydroxyl groups is 1. The van der Waals surface area contributed by atoms with Gasteiger partial charge < -0.3 is 9.67 Å². The largest absolute Gasteiger partial charge is 0.380 e. The molecule has 0 aliphatic rings. The van der Waals surface area contributed by atoms with Crippen LogP contribution in [0.1, 0.15) is 13.8 Å². The molecule has 1 heterocycles. The molecule has 0 radical (unpaired) electrons. The zero-order valence-corrected chi connectivity index (χ0v) is 11.6. The zero-order valence-electron chi connectivity index (χ0n) is 11.6. The van der Waals surface area contributed by atoms with Gasteiger partial charge in [0.25, 0.3) is 0 Å². The maximum atomic E-state index is 11.6. The third-order valence-corrected chi connectivity index (χ3v) is 3.90. The molecule has 0 aliphatic carbocycles. The van der Waals surface area contributed by atoms with Gasteiger partial charge in [0.1, 0.15) is 5.60 Å². The van der Waals surface area contributed by atoms with Crippen molar-refractivity contribution < 1.29 is 9.90 Å². The van der Waals surface area contributed by atoms with E-state index in [0.29, 0.717) is 0 Å². The van der Waals surface area contributed by atoms with E-state index in [4.69, 9.17) is 0 Å². The second-order valence-electron chi connectivity index (χ2n) is 5.45. The van der Waals surface area contributed by atoms with Crippen molar-refractivity contribution in [3.8, 4) is 0 Å². The minimum Gasteiger partial charge on any atom is -0.380 e. The summed E-state index contributed by atoms with van der Waals surface area (Å²) < 4.78 is 2.02. The fraction of sp³-hybridized carbons (Fsp3) is 0.235.